The lowest BCUT2D eigenvalue weighted by Gasteiger charge is -2.07. The highest BCUT2D eigenvalue weighted by Gasteiger charge is 2.04. The van der Waals surface area contributed by atoms with Crippen LogP contribution in [0.4, 0.5) is 0 Å². The van der Waals surface area contributed by atoms with Crippen LogP contribution in [0.15, 0.2) is 0 Å². The molecule has 0 saturated heterocycles. The van der Waals surface area contributed by atoms with Crippen molar-refractivity contribution in [3.05, 3.63) is 0 Å². The van der Waals surface area contributed by atoms with Crippen molar-refractivity contribution in [2.75, 3.05) is 0 Å². The van der Waals surface area contributed by atoms with Crippen molar-refractivity contribution >= 4 is 19.4 Å². The van der Waals surface area contributed by atoms with Gasteiger partial charge >= 0.3 is 19.4 Å². The van der Waals surface area contributed by atoms with E-state index in [1.807, 2.05) is 0 Å². The van der Waals surface area contributed by atoms with Gasteiger partial charge in [0.2, 0.25) is 5.39 Å². The van der Waals surface area contributed by atoms with Gasteiger partial charge in [-0.3, -0.25) is 14.4 Å². The van der Waals surface area contributed by atoms with Crippen LogP contribution in [-0.2, 0) is 28.9 Å². The fourth-order valence-corrected chi connectivity index (χ4v) is 0.180. The van der Waals surface area contributed by atoms with Crippen LogP contribution in [0.25, 0.3) is 0 Å². The van der Waals surface area contributed by atoms with E-state index >= 15 is 0 Å². The number of carbonyl (C=O) groups excluding carboxylic acids is 3. The third kappa shape index (κ3) is 3.38. The molecule has 0 aliphatic rings. The second kappa shape index (κ2) is 5.51. The summed E-state index contributed by atoms with van der Waals surface area (Å²) in [5.41, 5.74) is 0. The highest BCUT2D eigenvalue weighted by Crippen LogP contribution is 1.85. The van der Waals surface area contributed by atoms with E-state index in [1.165, 1.54) is 0 Å². The first-order valence-electron chi connectivity index (χ1n) is 1.96. The Kier molecular flexibility index (Phi) is 4.61. The molecule has 7 nitrogen and oxygen atoms in total. The second-order valence-electron chi connectivity index (χ2n) is 0.829. The first-order valence-corrected chi connectivity index (χ1v) is 1.96. The van der Waals surface area contributed by atoms with Crippen LogP contribution in [0, 0.1) is 0 Å². The van der Waals surface area contributed by atoms with Crippen LogP contribution in [0.5, 0.6) is 0 Å². The van der Waals surface area contributed by atoms with E-state index in [2.05, 4.69) is 14.5 Å². The van der Waals surface area contributed by atoms with Crippen molar-refractivity contribution in [1.82, 2.24) is 5.39 Å². The molecule has 0 aromatic carbocycles. The third-order valence-corrected chi connectivity index (χ3v) is 0.387. The van der Waals surface area contributed by atoms with Crippen molar-refractivity contribution in [3.8, 4) is 0 Å². The van der Waals surface area contributed by atoms with Gasteiger partial charge in [0, 0.05) is 0 Å². The molecule has 0 aliphatic heterocycles. The Morgan fingerprint density at radius 2 is 1.10 bits per heavy atom. The number of nitrogens with zero attached hydrogens (tertiary/aromatic N) is 1. The lowest BCUT2D eigenvalue weighted by Crippen LogP contribution is -2.23. The molecule has 0 rings (SSSR count). The molecular formula is C3H3NO6. The van der Waals surface area contributed by atoms with Gasteiger partial charge in [-0.2, -0.15) is 0 Å². The van der Waals surface area contributed by atoms with E-state index in [9.17, 15) is 14.4 Å². The van der Waals surface area contributed by atoms with E-state index in [0.717, 1.165) is 0 Å². The molecule has 56 valence electrons. The van der Waals surface area contributed by atoms with Gasteiger partial charge in [-0.05, 0) is 0 Å². The molecule has 0 aliphatic carbocycles. The molecule has 0 aromatic heterocycles. The predicted molar refractivity (Wildman–Crippen MR) is 23.3 cm³/mol. The van der Waals surface area contributed by atoms with Gasteiger partial charge < -0.3 is 14.5 Å². The lowest BCUT2D eigenvalue weighted by molar-refractivity contribution is -0.452. The highest BCUT2D eigenvalue weighted by atomic mass is 17.2. The Labute approximate surface area is 54.9 Å². The summed E-state index contributed by atoms with van der Waals surface area (Å²) in [7, 11) is 0. The SMILES string of the molecule is O=CON(OC=O)OC=O. The summed E-state index contributed by atoms with van der Waals surface area (Å²) in [4.78, 5) is 39.8. The summed E-state index contributed by atoms with van der Waals surface area (Å²) < 4.78 is 0. The minimum absolute atomic E-state index is 0.0625. The van der Waals surface area contributed by atoms with E-state index in [-0.39, 0.29) is 24.8 Å². The molecule has 0 unspecified atom stereocenters. The predicted octanol–water partition coefficient (Wildman–Crippen LogP) is -1.45. The number of hydrogen-bond acceptors (Lipinski definition) is 7. The first kappa shape index (κ1) is 8.37. The molecule has 0 N–H and O–H groups in total. The zero-order chi connectivity index (χ0) is 7.82. The first-order chi connectivity index (χ1) is 4.85. The van der Waals surface area contributed by atoms with Gasteiger partial charge in [0.25, 0.3) is 0 Å². The lowest BCUT2D eigenvalue weighted by atomic mass is 11.6. The fraction of sp³-hybridized carbons (Fsp3) is 0. The van der Waals surface area contributed by atoms with Crippen molar-refractivity contribution in [3.63, 3.8) is 0 Å². The van der Waals surface area contributed by atoms with Crippen LogP contribution in [0.3, 0.4) is 0 Å². The molecular weight excluding hydrogens is 146 g/mol. The molecule has 0 saturated carbocycles. The van der Waals surface area contributed by atoms with Gasteiger partial charge in [0.05, 0.1) is 0 Å². The summed E-state index contributed by atoms with van der Waals surface area (Å²) in [6.45, 7) is -0.271. The van der Waals surface area contributed by atoms with Crippen LogP contribution in [-0.4, -0.2) is 24.8 Å². The van der Waals surface area contributed by atoms with Gasteiger partial charge in [-0.25, -0.2) is 0 Å². The number of rotatable bonds is 6. The van der Waals surface area contributed by atoms with Crippen molar-refractivity contribution < 1.29 is 28.9 Å². The standard InChI is InChI=1S/C3H3NO6/c5-1-8-4(9-2-6)10-3-7/h1-3H. The summed E-state index contributed by atoms with van der Waals surface area (Å²) in [5, 5.41) is -0.0625. The Hall–Kier alpha value is -1.63. The van der Waals surface area contributed by atoms with Crippen molar-refractivity contribution in [1.29, 1.82) is 0 Å². The van der Waals surface area contributed by atoms with Crippen molar-refractivity contribution in [2.24, 2.45) is 0 Å². The number of carbonyl (C=O) groups is 3. The van der Waals surface area contributed by atoms with E-state index in [0.29, 0.717) is 0 Å². The summed E-state index contributed by atoms with van der Waals surface area (Å²) in [6.07, 6.45) is 0. The Bertz CT molecular complexity index is 100. The van der Waals surface area contributed by atoms with Gasteiger partial charge in [-0.1, -0.05) is 0 Å². The molecule has 0 amide bonds. The van der Waals surface area contributed by atoms with E-state index in [4.69, 9.17) is 0 Å². The normalized spacial score (nSPS) is 8.10. The monoisotopic (exact) mass is 149 g/mol. The minimum Gasteiger partial charge on any atom is -0.303 e. The van der Waals surface area contributed by atoms with Crippen LogP contribution < -0.4 is 0 Å². The molecule has 0 bridgehead atoms. The molecule has 0 atom stereocenters. The van der Waals surface area contributed by atoms with Crippen LogP contribution in [0.2, 0.25) is 0 Å². The zero-order valence-electron chi connectivity index (χ0n) is 4.63. The summed E-state index contributed by atoms with van der Waals surface area (Å²) in [5.74, 6) is 0. The third-order valence-electron chi connectivity index (χ3n) is 0.387. The van der Waals surface area contributed by atoms with E-state index < -0.39 is 0 Å². The van der Waals surface area contributed by atoms with Gasteiger partial charge in [-0.15, -0.1) is 0 Å². The Morgan fingerprint density at radius 3 is 1.30 bits per heavy atom. The molecule has 0 fully saturated rings. The quantitative estimate of drug-likeness (QED) is 0.337. The molecule has 0 radical (unpaired) electrons. The van der Waals surface area contributed by atoms with Crippen LogP contribution >= 0.6 is 0 Å². The summed E-state index contributed by atoms with van der Waals surface area (Å²) >= 11 is 0. The Morgan fingerprint density at radius 1 is 0.800 bits per heavy atom. The fourth-order valence-electron chi connectivity index (χ4n) is 0.180. The largest absolute Gasteiger partial charge is 0.320 e. The van der Waals surface area contributed by atoms with Crippen molar-refractivity contribution in [2.45, 2.75) is 0 Å². The maximum Gasteiger partial charge on any atom is 0.320 e. The summed E-state index contributed by atoms with van der Waals surface area (Å²) in [6, 6.07) is 0. The zero-order valence-corrected chi connectivity index (χ0v) is 4.63. The molecule has 0 spiro atoms. The smallest absolute Gasteiger partial charge is 0.303 e. The second-order valence-corrected chi connectivity index (χ2v) is 0.829. The maximum atomic E-state index is 9.51. The maximum absolute atomic E-state index is 9.51. The highest BCUT2D eigenvalue weighted by molar-refractivity contribution is 5.39. The van der Waals surface area contributed by atoms with E-state index in [1.54, 1.807) is 0 Å². The number of hydrogen-bond donors (Lipinski definition) is 0. The topological polar surface area (TPSA) is 82.1 Å². The molecule has 10 heavy (non-hydrogen) atoms. The molecule has 0 aromatic rings. The average molecular weight is 149 g/mol. The van der Waals surface area contributed by atoms with Gasteiger partial charge in [0.1, 0.15) is 0 Å². The Balaban J connectivity index is 3.58. The van der Waals surface area contributed by atoms with Gasteiger partial charge in [0.15, 0.2) is 0 Å². The minimum atomic E-state index is -0.0903. The van der Waals surface area contributed by atoms with Crippen LogP contribution in [0.1, 0.15) is 0 Å². The molecule has 0 heterocycles. The average Bonchev–Trinajstić information content (AvgIpc) is 1.90. The molecule has 7 heteroatoms.